The molecule has 1 nitrogen and oxygen atoms in total. The quantitative estimate of drug-likeness (QED) is 0.610. The summed E-state index contributed by atoms with van der Waals surface area (Å²) in [5.74, 6) is 0. The van der Waals surface area contributed by atoms with Crippen LogP contribution in [0.15, 0.2) is 12.4 Å². The summed E-state index contributed by atoms with van der Waals surface area (Å²) in [6.45, 7) is 10.8. The van der Waals surface area contributed by atoms with Crippen molar-refractivity contribution in [2.24, 2.45) is 0 Å². The van der Waals surface area contributed by atoms with Crippen LogP contribution in [0.4, 0.5) is 0 Å². The van der Waals surface area contributed by atoms with Gasteiger partial charge in [-0.05, 0) is 41.9 Å². The molecule has 0 bridgehead atoms. The fourth-order valence-electron chi connectivity index (χ4n) is 2.08. The lowest BCUT2D eigenvalue weighted by molar-refractivity contribution is 0.521. The Hall–Kier alpha value is -0.850. The van der Waals surface area contributed by atoms with Gasteiger partial charge in [0.1, 0.15) is 0 Å². The first kappa shape index (κ1) is 11.2. The maximum Gasteiger partial charge on any atom is 0.0308 e. The first-order chi connectivity index (χ1) is 6.61. The normalized spacial score (nSPS) is 16.9. The number of fused-ring (bicyclic) bond motifs is 1. The summed E-state index contributed by atoms with van der Waals surface area (Å²) in [4.78, 5) is 4.25. The molecule has 0 N–H and O–H groups in total. The Morgan fingerprint density at radius 2 is 1.86 bits per heavy atom. The number of hydrogen-bond donors (Lipinski definition) is 0. The van der Waals surface area contributed by atoms with Gasteiger partial charge in [-0.2, -0.15) is 0 Å². The van der Waals surface area contributed by atoms with E-state index in [4.69, 9.17) is 0 Å². The van der Waals surface area contributed by atoms with Crippen LogP contribution in [0.3, 0.4) is 0 Å². The molecule has 1 aliphatic carbocycles. The maximum absolute atomic E-state index is 4.25. The Morgan fingerprint density at radius 3 is 2.43 bits per heavy atom. The molecule has 1 aromatic heterocycles. The highest BCUT2D eigenvalue weighted by molar-refractivity contribution is 5.40. The van der Waals surface area contributed by atoms with Crippen molar-refractivity contribution >= 4 is 0 Å². The molecule has 0 saturated carbocycles. The summed E-state index contributed by atoms with van der Waals surface area (Å²) in [5.41, 5.74) is 4.71. The molecule has 0 radical (unpaired) electrons. The van der Waals surface area contributed by atoms with E-state index in [1.54, 1.807) is 0 Å². The molecule has 1 aromatic rings. The van der Waals surface area contributed by atoms with Gasteiger partial charge in [-0.3, -0.25) is 4.98 Å². The van der Waals surface area contributed by atoms with Gasteiger partial charge in [0.25, 0.3) is 0 Å². The lowest BCUT2D eigenvalue weighted by Crippen LogP contribution is -2.12. The third-order valence-electron chi connectivity index (χ3n) is 3.00. The molecule has 2 rings (SSSR count). The van der Waals surface area contributed by atoms with Crippen molar-refractivity contribution in [2.75, 3.05) is 0 Å². The van der Waals surface area contributed by atoms with Crippen molar-refractivity contribution in [3.63, 3.8) is 0 Å². The largest absolute Gasteiger partial charge is 0.264 e. The van der Waals surface area contributed by atoms with Gasteiger partial charge in [-0.15, -0.1) is 0 Å². The minimum atomic E-state index is 0.356. The van der Waals surface area contributed by atoms with Crippen LogP contribution >= 0.6 is 0 Å². The first-order valence-corrected chi connectivity index (χ1v) is 5.55. The second kappa shape index (κ2) is 4.12. The Bertz CT molecular complexity index is 313. The van der Waals surface area contributed by atoms with Gasteiger partial charge in [-0.25, -0.2) is 0 Å². The van der Waals surface area contributed by atoms with Crippen LogP contribution in [-0.4, -0.2) is 4.98 Å². The van der Waals surface area contributed by atoms with Crippen LogP contribution in [0.5, 0.6) is 0 Å². The summed E-state index contributed by atoms with van der Waals surface area (Å²) in [6.07, 6.45) is 6.52. The Kier molecular flexibility index (Phi) is 3.30. The van der Waals surface area contributed by atoms with Crippen molar-refractivity contribution in [2.45, 2.75) is 52.9 Å². The molecule has 0 aromatic carbocycles. The van der Waals surface area contributed by atoms with Crippen LogP contribution in [0.2, 0.25) is 0 Å². The smallest absolute Gasteiger partial charge is 0.0308 e. The van der Waals surface area contributed by atoms with Crippen LogP contribution < -0.4 is 0 Å². The highest BCUT2D eigenvalue weighted by Gasteiger charge is 2.30. The molecule has 1 heteroatoms. The standard InChI is InChI=1S/C11H15N.C2H6/c1-8-6-12-7-10-9(8)4-5-11(10,2)3;1-2/h6-7H,4-5H2,1-3H3;1-2H3. The van der Waals surface area contributed by atoms with E-state index >= 15 is 0 Å². The summed E-state index contributed by atoms with van der Waals surface area (Å²) in [5, 5.41) is 0. The van der Waals surface area contributed by atoms with Gasteiger partial charge < -0.3 is 0 Å². The molecule has 0 fully saturated rings. The van der Waals surface area contributed by atoms with Crippen LogP contribution in [0.25, 0.3) is 0 Å². The molecule has 0 atom stereocenters. The molecule has 0 aliphatic heterocycles. The van der Waals surface area contributed by atoms with Gasteiger partial charge in [0, 0.05) is 12.4 Å². The molecule has 1 heterocycles. The van der Waals surface area contributed by atoms with Gasteiger partial charge in [0.2, 0.25) is 0 Å². The Morgan fingerprint density at radius 1 is 1.21 bits per heavy atom. The number of nitrogens with zero attached hydrogens (tertiary/aromatic N) is 1. The van der Waals surface area contributed by atoms with E-state index in [2.05, 4.69) is 25.8 Å². The van der Waals surface area contributed by atoms with E-state index in [0.29, 0.717) is 5.41 Å². The summed E-state index contributed by atoms with van der Waals surface area (Å²) in [6, 6.07) is 0. The van der Waals surface area contributed by atoms with Crippen molar-refractivity contribution in [1.29, 1.82) is 0 Å². The maximum atomic E-state index is 4.25. The minimum Gasteiger partial charge on any atom is -0.264 e. The van der Waals surface area contributed by atoms with Gasteiger partial charge in [-0.1, -0.05) is 27.7 Å². The minimum absolute atomic E-state index is 0.356. The lowest BCUT2D eigenvalue weighted by Gasteiger charge is -2.18. The second-order valence-electron chi connectivity index (χ2n) is 4.37. The molecule has 0 saturated heterocycles. The molecule has 0 spiro atoms. The van der Waals surface area contributed by atoms with E-state index in [9.17, 15) is 0 Å². The third-order valence-corrected chi connectivity index (χ3v) is 3.00. The molecule has 78 valence electrons. The predicted octanol–water partition coefficient (Wildman–Crippen LogP) is 3.64. The Balaban J connectivity index is 0.000000461. The number of aryl methyl sites for hydroxylation is 1. The number of hydrogen-bond acceptors (Lipinski definition) is 1. The monoisotopic (exact) mass is 191 g/mol. The zero-order valence-corrected chi connectivity index (χ0v) is 10.0. The van der Waals surface area contributed by atoms with Crippen LogP contribution in [0, 0.1) is 6.92 Å². The van der Waals surface area contributed by atoms with Crippen LogP contribution in [-0.2, 0) is 11.8 Å². The second-order valence-corrected chi connectivity index (χ2v) is 4.37. The van der Waals surface area contributed by atoms with Crippen molar-refractivity contribution in [1.82, 2.24) is 4.98 Å². The molecular formula is C13H21N. The van der Waals surface area contributed by atoms with Crippen molar-refractivity contribution in [3.8, 4) is 0 Å². The number of aromatic nitrogens is 1. The number of pyridine rings is 1. The predicted molar refractivity (Wildman–Crippen MR) is 61.7 cm³/mol. The van der Waals surface area contributed by atoms with E-state index < -0.39 is 0 Å². The lowest BCUT2D eigenvalue weighted by atomic mass is 9.87. The molecule has 14 heavy (non-hydrogen) atoms. The zero-order valence-electron chi connectivity index (χ0n) is 10.0. The summed E-state index contributed by atoms with van der Waals surface area (Å²) in [7, 11) is 0. The topological polar surface area (TPSA) is 12.9 Å². The summed E-state index contributed by atoms with van der Waals surface area (Å²) >= 11 is 0. The van der Waals surface area contributed by atoms with E-state index in [1.807, 2.05) is 26.2 Å². The molecule has 0 amide bonds. The third kappa shape index (κ3) is 1.82. The van der Waals surface area contributed by atoms with E-state index in [-0.39, 0.29) is 0 Å². The van der Waals surface area contributed by atoms with Crippen LogP contribution in [0.1, 0.15) is 50.8 Å². The number of rotatable bonds is 0. The first-order valence-electron chi connectivity index (χ1n) is 5.55. The molecule has 1 aliphatic rings. The summed E-state index contributed by atoms with van der Waals surface area (Å²) < 4.78 is 0. The molecule has 0 unspecified atom stereocenters. The fourth-order valence-corrected chi connectivity index (χ4v) is 2.08. The SMILES string of the molecule is CC.Cc1cncc2c1CCC2(C)C. The highest BCUT2D eigenvalue weighted by atomic mass is 14.6. The van der Waals surface area contributed by atoms with Gasteiger partial charge >= 0.3 is 0 Å². The van der Waals surface area contributed by atoms with E-state index in [0.717, 1.165) is 0 Å². The van der Waals surface area contributed by atoms with Gasteiger partial charge in [0.15, 0.2) is 0 Å². The fraction of sp³-hybridized carbons (Fsp3) is 0.615. The average Bonchev–Trinajstić information content (AvgIpc) is 2.48. The average molecular weight is 191 g/mol. The van der Waals surface area contributed by atoms with Crippen molar-refractivity contribution < 1.29 is 0 Å². The highest BCUT2D eigenvalue weighted by Crippen LogP contribution is 2.38. The van der Waals surface area contributed by atoms with Gasteiger partial charge in [0.05, 0.1) is 0 Å². The molecular weight excluding hydrogens is 170 g/mol. The Labute approximate surface area is 87.6 Å². The van der Waals surface area contributed by atoms with E-state index in [1.165, 1.54) is 29.5 Å². The zero-order chi connectivity index (χ0) is 10.8. The van der Waals surface area contributed by atoms with Crippen molar-refractivity contribution in [3.05, 3.63) is 29.1 Å².